The molecular formula is C29H33Cl2F3N2. The average Bonchev–Trinajstić information content (AvgIpc) is 3.20. The molecule has 2 aromatic carbocycles. The highest BCUT2D eigenvalue weighted by atomic mass is 35.5. The monoisotopic (exact) mass is 536 g/mol. The minimum Gasteiger partial charge on any atom is -0.358 e. The molecule has 36 heavy (non-hydrogen) atoms. The number of rotatable bonds is 8. The average molecular weight is 537 g/mol. The van der Waals surface area contributed by atoms with Crippen molar-refractivity contribution in [3.8, 4) is 0 Å². The van der Waals surface area contributed by atoms with Crippen LogP contribution in [0, 0.1) is 17.5 Å². The summed E-state index contributed by atoms with van der Waals surface area (Å²) in [5, 5.41) is 1.56. The summed E-state index contributed by atoms with van der Waals surface area (Å²) in [7, 11) is 0. The number of H-pyrrole nitrogens is 1. The number of fused-ring (bicyclic) bond motifs is 1. The van der Waals surface area contributed by atoms with Crippen molar-refractivity contribution in [1.29, 1.82) is 0 Å². The van der Waals surface area contributed by atoms with E-state index in [0.29, 0.717) is 10.5 Å². The van der Waals surface area contributed by atoms with Gasteiger partial charge in [0.2, 0.25) is 0 Å². The second-order valence-electron chi connectivity index (χ2n) is 8.48. The van der Waals surface area contributed by atoms with Gasteiger partial charge < -0.3 is 4.98 Å². The first-order valence-corrected chi connectivity index (χ1v) is 12.9. The molecule has 0 fully saturated rings. The van der Waals surface area contributed by atoms with Crippen LogP contribution in [0.2, 0.25) is 5.02 Å². The Morgan fingerprint density at radius 1 is 1.14 bits per heavy atom. The Kier molecular flexibility index (Phi) is 11.8. The second kappa shape index (κ2) is 14.3. The number of allylic oxidation sites excluding steroid dienone is 4. The van der Waals surface area contributed by atoms with Crippen molar-refractivity contribution in [2.45, 2.75) is 66.2 Å². The lowest BCUT2D eigenvalue weighted by atomic mass is 9.92. The Balaban J connectivity index is 0.000000352. The van der Waals surface area contributed by atoms with Crippen LogP contribution in [0.15, 0.2) is 58.2 Å². The lowest BCUT2D eigenvalue weighted by molar-refractivity contribution is 0.495. The van der Waals surface area contributed by atoms with E-state index in [1.54, 1.807) is 18.3 Å². The van der Waals surface area contributed by atoms with Crippen LogP contribution in [0.25, 0.3) is 10.9 Å². The van der Waals surface area contributed by atoms with Crippen molar-refractivity contribution in [2.24, 2.45) is 4.99 Å². The van der Waals surface area contributed by atoms with Gasteiger partial charge in [-0.15, -0.1) is 0 Å². The molecule has 3 rings (SSSR count). The van der Waals surface area contributed by atoms with E-state index in [1.165, 1.54) is 12.1 Å². The van der Waals surface area contributed by atoms with Crippen LogP contribution in [-0.2, 0) is 6.42 Å². The van der Waals surface area contributed by atoms with E-state index in [1.807, 2.05) is 26.8 Å². The fraction of sp³-hybridized carbons (Fsp3) is 0.345. The van der Waals surface area contributed by atoms with Crippen molar-refractivity contribution in [3.63, 3.8) is 0 Å². The molecule has 0 radical (unpaired) electrons. The lowest BCUT2D eigenvalue weighted by Crippen LogP contribution is -2.04. The van der Waals surface area contributed by atoms with Crippen LogP contribution >= 0.6 is 23.2 Å². The molecule has 0 aliphatic heterocycles. The zero-order valence-electron chi connectivity index (χ0n) is 21.4. The summed E-state index contributed by atoms with van der Waals surface area (Å²) in [5.74, 6) is -2.62. The number of nitrogens with zero attached hydrogens (tertiary/aromatic N) is 1. The van der Waals surface area contributed by atoms with E-state index in [4.69, 9.17) is 23.2 Å². The molecular weight excluding hydrogens is 504 g/mol. The zero-order chi connectivity index (χ0) is 26.8. The molecule has 2 nitrogen and oxygen atoms in total. The quantitative estimate of drug-likeness (QED) is 0.277. The molecule has 1 unspecified atom stereocenters. The predicted octanol–water partition coefficient (Wildman–Crippen LogP) is 10.2. The smallest absolute Gasteiger partial charge is 0.162 e. The second-order valence-corrected chi connectivity index (χ2v) is 9.33. The van der Waals surface area contributed by atoms with E-state index < -0.39 is 23.4 Å². The molecule has 0 saturated heterocycles. The Labute approximate surface area is 221 Å². The number of aromatic amines is 1. The van der Waals surface area contributed by atoms with Crippen molar-refractivity contribution in [3.05, 3.63) is 92.5 Å². The fourth-order valence-corrected chi connectivity index (χ4v) is 4.07. The molecule has 194 valence electrons. The molecule has 0 aliphatic rings. The molecule has 7 heteroatoms. The van der Waals surface area contributed by atoms with Gasteiger partial charge >= 0.3 is 0 Å². The highest BCUT2D eigenvalue weighted by Crippen LogP contribution is 2.36. The number of aromatic nitrogens is 1. The Bertz CT molecular complexity index is 1260. The molecule has 0 spiro atoms. The normalized spacial score (nSPS) is 13.3. The van der Waals surface area contributed by atoms with Gasteiger partial charge in [0.15, 0.2) is 11.6 Å². The lowest BCUT2D eigenvalue weighted by Gasteiger charge is -2.15. The maximum Gasteiger partial charge on any atom is 0.162 e. The molecule has 1 N–H and O–H groups in total. The summed E-state index contributed by atoms with van der Waals surface area (Å²) in [5.41, 5.74) is 3.65. The van der Waals surface area contributed by atoms with Crippen molar-refractivity contribution < 1.29 is 13.2 Å². The molecule has 3 aromatic rings. The molecule has 1 atom stereocenters. The largest absolute Gasteiger partial charge is 0.358 e. The van der Waals surface area contributed by atoms with Gasteiger partial charge in [-0.25, -0.2) is 13.2 Å². The Hall–Kier alpha value is -2.50. The number of nitrogens with one attached hydrogen (secondary N) is 1. The minimum absolute atomic E-state index is 0.0559. The number of unbranched alkanes of at least 4 members (excludes halogenated alkanes) is 1. The highest BCUT2D eigenvalue weighted by molar-refractivity contribution is 6.39. The number of benzene rings is 2. The zero-order valence-corrected chi connectivity index (χ0v) is 22.9. The Morgan fingerprint density at radius 3 is 2.50 bits per heavy atom. The van der Waals surface area contributed by atoms with E-state index in [2.05, 4.69) is 29.9 Å². The molecule has 1 aromatic heterocycles. The van der Waals surface area contributed by atoms with Crippen LogP contribution < -0.4 is 0 Å². The molecule has 0 saturated carbocycles. The Morgan fingerprint density at radius 2 is 1.86 bits per heavy atom. The van der Waals surface area contributed by atoms with E-state index in [0.717, 1.165) is 54.1 Å². The van der Waals surface area contributed by atoms with Crippen LogP contribution in [0.4, 0.5) is 13.2 Å². The fourth-order valence-electron chi connectivity index (χ4n) is 3.85. The summed E-state index contributed by atoms with van der Waals surface area (Å²) >= 11 is 11.6. The maximum atomic E-state index is 14.2. The van der Waals surface area contributed by atoms with Gasteiger partial charge in [0, 0.05) is 34.4 Å². The topological polar surface area (TPSA) is 28.1 Å². The minimum atomic E-state index is -0.871. The SMILES string of the molecule is CCCCc1c(C(C)c2cccc(F)c2F)[nH]c2cc(F)c(Cl)cc12.C\C=C(Cl)/C=N/C(C)=C/CC. The van der Waals surface area contributed by atoms with E-state index in [9.17, 15) is 13.2 Å². The van der Waals surface area contributed by atoms with Gasteiger partial charge in [-0.2, -0.15) is 0 Å². The highest BCUT2D eigenvalue weighted by Gasteiger charge is 2.22. The van der Waals surface area contributed by atoms with Crippen molar-refractivity contribution >= 4 is 40.3 Å². The van der Waals surface area contributed by atoms with Gasteiger partial charge in [0.25, 0.3) is 0 Å². The number of aryl methyl sites for hydroxylation is 1. The van der Waals surface area contributed by atoms with Gasteiger partial charge in [0.05, 0.1) is 10.1 Å². The van der Waals surface area contributed by atoms with Crippen LogP contribution in [0.1, 0.15) is 76.6 Å². The third-order valence-electron chi connectivity index (χ3n) is 5.81. The summed E-state index contributed by atoms with van der Waals surface area (Å²) in [6.45, 7) is 9.82. The molecule has 0 bridgehead atoms. The molecule has 0 amide bonds. The number of hydrogen-bond donors (Lipinski definition) is 1. The van der Waals surface area contributed by atoms with Gasteiger partial charge in [-0.1, -0.05) is 74.7 Å². The summed E-state index contributed by atoms with van der Waals surface area (Å²) in [4.78, 5) is 7.32. The van der Waals surface area contributed by atoms with Crippen LogP contribution in [-0.4, -0.2) is 11.2 Å². The van der Waals surface area contributed by atoms with Crippen molar-refractivity contribution in [2.75, 3.05) is 0 Å². The van der Waals surface area contributed by atoms with Gasteiger partial charge in [-0.3, -0.25) is 4.99 Å². The summed E-state index contributed by atoms with van der Waals surface area (Å²) in [6, 6.07) is 7.13. The summed E-state index contributed by atoms with van der Waals surface area (Å²) in [6.07, 6.45) is 9.21. The van der Waals surface area contributed by atoms with Crippen molar-refractivity contribution in [1.82, 2.24) is 4.98 Å². The molecule has 1 heterocycles. The van der Waals surface area contributed by atoms with Gasteiger partial charge in [-0.05, 0) is 62.4 Å². The number of hydrogen-bond acceptors (Lipinski definition) is 1. The number of halogens is 5. The first-order chi connectivity index (χ1) is 17.1. The standard InChI is InChI=1S/C20H19ClF3N.C9H14ClN/c1-3-4-6-13-14-9-15(21)17(23)10-18(14)25-20(13)11(2)12-7-5-8-16(22)19(12)24;1-4-6-8(3)11-7-9(10)5-2/h5,7-11,25H,3-4,6H2,1-2H3;5-7H,4H2,1-3H3/b;8-6+,9-5+,11-7+. The third-order valence-corrected chi connectivity index (χ3v) is 6.41. The van der Waals surface area contributed by atoms with E-state index in [-0.39, 0.29) is 10.6 Å². The van der Waals surface area contributed by atoms with Gasteiger partial charge in [0.1, 0.15) is 5.82 Å². The third kappa shape index (κ3) is 7.75. The maximum absolute atomic E-state index is 14.2. The number of aliphatic imine (C=N–C) groups is 1. The first kappa shape index (κ1) is 29.7. The first-order valence-electron chi connectivity index (χ1n) is 12.1. The van der Waals surface area contributed by atoms with Crippen LogP contribution in [0.5, 0.6) is 0 Å². The molecule has 0 aliphatic carbocycles. The van der Waals surface area contributed by atoms with E-state index >= 15 is 0 Å². The predicted molar refractivity (Wildman–Crippen MR) is 148 cm³/mol. The van der Waals surface area contributed by atoms with Crippen LogP contribution in [0.3, 0.4) is 0 Å². The summed E-state index contributed by atoms with van der Waals surface area (Å²) < 4.78 is 41.7.